The maximum absolute atomic E-state index is 4.52. The third-order valence-corrected chi connectivity index (χ3v) is 4.47. The van der Waals surface area contributed by atoms with Crippen molar-refractivity contribution < 1.29 is 0 Å². The third kappa shape index (κ3) is 3.14. The topological polar surface area (TPSA) is 28.2 Å². The molecular weight excluding hydrogens is 254 g/mol. The third-order valence-electron chi connectivity index (χ3n) is 3.39. The maximum Gasteiger partial charge on any atom is 0.189 e. The monoisotopic (exact) mass is 273 g/mol. The lowest BCUT2D eigenvalue weighted by Gasteiger charge is -2.15. The molecule has 0 bridgehead atoms. The molecule has 0 amide bonds. The molecule has 3 nitrogen and oxygen atoms in total. The van der Waals surface area contributed by atoms with Gasteiger partial charge in [0.15, 0.2) is 5.13 Å². The number of benzene rings is 1. The van der Waals surface area contributed by atoms with Crippen molar-refractivity contribution in [2.24, 2.45) is 0 Å². The van der Waals surface area contributed by atoms with Crippen LogP contribution in [-0.2, 0) is 6.54 Å². The van der Waals surface area contributed by atoms with Crippen molar-refractivity contribution in [2.75, 3.05) is 11.9 Å². The summed E-state index contributed by atoms with van der Waals surface area (Å²) >= 11 is 1.76. The van der Waals surface area contributed by atoms with Crippen molar-refractivity contribution in [2.45, 2.75) is 32.4 Å². The van der Waals surface area contributed by atoms with E-state index in [4.69, 9.17) is 0 Å². The predicted octanol–water partition coefficient (Wildman–Crippen LogP) is 3.47. The Labute approximate surface area is 118 Å². The average Bonchev–Trinajstić information content (AvgIpc) is 3.13. The molecule has 0 aliphatic heterocycles. The van der Waals surface area contributed by atoms with Crippen LogP contribution in [0.15, 0.2) is 30.5 Å². The largest absolute Gasteiger partial charge is 0.321 e. The molecule has 2 aromatic rings. The molecule has 1 aliphatic rings. The Morgan fingerprint density at radius 2 is 2.05 bits per heavy atom. The van der Waals surface area contributed by atoms with Crippen LogP contribution in [-0.4, -0.2) is 18.1 Å². The average molecular weight is 273 g/mol. The predicted molar refractivity (Wildman–Crippen MR) is 81.2 cm³/mol. The van der Waals surface area contributed by atoms with Crippen LogP contribution in [0.2, 0.25) is 0 Å². The zero-order valence-electron chi connectivity index (χ0n) is 11.4. The van der Waals surface area contributed by atoms with E-state index in [0.717, 1.165) is 17.7 Å². The number of anilines is 2. The summed E-state index contributed by atoms with van der Waals surface area (Å²) in [5.74, 6) is 0. The minimum absolute atomic E-state index is 0.750. The van der Waals surface area contributed by atoms with Gasteiger partial charge in [0.1, 0.15) is 0 Å². The van der Waals surface area contributed by atoms with E-state index in [2.05, 4.69) is 53.4 Å². The lowest BCUT2D eigenvalue weighted by molar-refractivity contribution is 0.694. The molecule has 0 spiro atoms. The number of aromatic nitrogens is 1. The first-order chi connectivity index (χ1) is 9.22. The number of nitrogens with one attached hydrogen (secondary N) is 1. The molecule has 1 aliphatic carbocycles. The Kier molecular flexibility index (Phi) is 3.53. The van der Waals surface area contributed by atoms with Gasteiger partial charge in [0.05, 0.1) is 0 Å². The van der Waals surface area contributed by atoms with Crippen molar-refractivity contribution in [3.8, 4) is 0 Å². The molecule has 1 N–H and O–H groups in total. The van der Waals surface area contributed by atoms with Gasteiger partial charge in [0, 0.05) is 36.4 Å². The molecule has 1 heterocycles. The molecule has 1 saturated carbocycles. The maximum atomic E-state index is 4.52. The molecule has 4 heteroatoms. The second-order valence-electron chi connectivity index (χ2n) is 5.16. The number of hydrogen-bond donors (Lipinski definition) is 1. The fraction of sp³-hybridized carbons (Fsp3) is 0.400. The first-order valence-corrected chi connectivity index (χ1v) is 7.52. The smallest absolute Gasteiger partial charge is 0.189 e. The second kappa shape index (κ2) is 5.31. The number of rotatable bonds is 5. The summed E-state index contributed by atoms with van der Waals surface area (Å²) in [6, 6.07) is 9.29. The van der Waals surface area contributed by atoms with E-state index in [1.54, 1.807) is 11.3 Å². The fourth-order valence-corrected chi connectivity index (χ4v) is 2.79. The molecule has 100 valence electrons. The number of nitrogens with zero attached hydrogens (tertiary/aromatic N) is 2. The van der Waals surface area contributed by atoms with Gasteiger partial charge in [-0.25, -0.2) is 4.98 Å². The Morgan fingerprint density at radius 1 is 1.32 bits per heavy atom. The SMILES string of the molecule is Cc1ccc(N(C)c2ncc(CNC3CC3)s2)cc1. The highest BCUT2D eigenvalue weighted by molar-refractivity contribution is 7.15. The standard InChI is InChI=1S/C15H19N3S/c1-11-3-7-13(8-4-11)18(2)15-17-10-14(19-15)9-16-12-5-6-12/h3-4,7-8,10,12,16H,5-6,9H2,1-2H3. The highest BCUT2D eigenvalue weighted by Gasteiger charge is 2.20. The van der Waals surface area contributed by atoms with Gasteiger partial charge in [-0.05, 0) is 31.9 Å². The van der Waals surface area contributed by atoms with Crippen molar-refractivity contribution in [1.82, 2.24) is 10.3 Å². The Bertz CT molecular complexity index is 543. The summed E-state index contributed by atoms with van der Waals surface area (Å²) in [5.41, 5.74) is 2.47. The Morgan fingerprint density at radius 3 is 2.74 bits per heavy atom. The van der Waals surface area contributed by atoms with E-state index in [1.165, 1.54) is 29.0 Å². The van der Waals surface area contributed by atoms with Gasteiger partial charge in [0.2, 0.25) is 0 Å². The van der Waals surface area contributed by atoms with E-state index in [-0.39, 0.29) is 0 Å². The van der Waals surface area contributed by atoms with Crippen LogP contribution < -0.4 is 10.2 Å². The normalized spacial score (nSPS) is 14.6. The van der Waals surface area contributed by atoms with Gasteiger partial charge in [0.25, 0.3) is 0 Å². The van der Waals surface area contributed by atoms with Gasteiger partial charge in [-0.2, -0.15) is 0 Å². The van der Waals surface area contributed by atoms with E-state index in [0.29, 0.717) is 0 Å². The van der Waals surface area contributed by atoms with Crippen LogP contribution >= 0.6 is 11.3 Å². The van der Waals surface area contributed by atoms with E-state index in [1.807, 2.05) is 6.20 Å². The Balaban J connectivity index is 1.68. The van der Waals surface area contributed by atoms with Crippen molar-refractivity contribution >= 4 is 22.2 Å². The second-order valence-corrected chi connectivity index (χ2v) is 6.25. The van der Waals surface area contributed by atoms with Crippen LogP contribution in [0, 0.1) is 6.92 Å². The lowest BCUT2D eigenvalue weighted by atomic mass is 10.2. The molecule has 0 unspecified atom stereocenters. The summed E-state index contributed by atoms with van der Waals surface area (Å²) in [6.07, 6.45) is 4.64. The summed E-state index contributed by atoms with van der Waals surface area (Å²) < 4.78 is 0. The molecule has 3 rings (SSSR count). The van der Waals surface area contributed by atoms with Crippen molar-refractivity contribution in [1.29, 1.82) is 0 Å². The van der Waals surface area contributed by atoms with E-state index in [9.17, 15) is 0 Å². The molecule has 1 aromatic heterocycles. The van der Waals surface area contributed by atoms with Gasteiger partial charge >= 0.3 is 0 Å². The molecule has 0 saturated heterocycles. The fourth-order valence-electron chi connectivity index (χ4n) is 1.95. The van der Waals surface area contributed by atoms with Gasteiger partial charge in [-0.15, -0.1) is 11.3 Å². The van der Waals surface area contributed by atoms with E-state index >= 15 is 0 Å². The number of aryl methyl sites for hydroxylation is 1. The molecule has 19 heavy (non-hydrogen) atoms. The van der Waals surface area contributed by atoms with Gasteiger partial charge in [-0.3, -0.25) is 0 Å². The first-order valence-electron chi connectivity index (χ1n) is 6.71. The highest BCUT2D eigenvalue weighted by atomic mass is 32.1. The van der Waals surface area contributed by atoms with Crippen LogP contribution in [0.4, 0.5) is 10.8 Å². The summed E-state index contributed by atoms with van der Waals surface area (Å²) in [7, 11) is 2.07. The highest BCUT2D eigenvalue weighted by Crippen LogP contribution is 2.28. The summed E-state index contributed by atoms with van der Waals surface area (Å²) in [6.45, 7) is 3.05. The molecule has 0 atom stereocenters. The van der Waals surface area contributed by atoms with E-state index < -0.39 is 0 Å². The van der Waals surface area contributed by atoms with Crippen LogP contribution in [0.25, 0.3) is 0 Å². The quantitative estimate of drug-likeness (QED) is 0.904. The lowest BCUT2D eigenvalue weighted by Crippen LogP contribution is -2.14. The molecule has 0 radical (unpaired) electrons. The van der Waals surface area contributed by atoms with Gasteiger partial charge < -0.3 is 10.2 Å². The molecule has 1 fully saturated rings. The zero-order chi connectivity index (χ0) is 13.2. The van der Waals surface area contributed by atoms with Crippen LogP contribution in [0.1, 0.15) is 23.3 Å². The van der Waals surface area contributed by atoms with Crippen molar-refractivity contribution in [3.05, 3.63) is 40.9 Å². The first kappa shape index (κ1) is 12.6. The summed E-state index contributed by atoms with van der Waals surface area (Å²) in [5, 5.41) is 4.58. The van der Waals surface area contributed by atoms with Crippen LogP contribution in [0.5, 0.6) is 0 Å². The number of thiazole rings is 1. The van der Waals surface area contributed by atoms with Crippen LogP contribution in [0.3, 0.4) is 0 Å². The number of hydrogen-bond acceptors (Lipinski definition) is 4. The Hall–Kier alpha value is -1.39. The minimum atomic E-state index is 0.750. The van der Waals surface area contributed by atoms with Crippen molar-refractivity contribution in [3.63, 3.8) is 0 Å². The van der Waals surface area contributed by atoms with Gasteiger partial charge in [-0.1, -0.05) is 17.7 Å². The molecular formula is C15H19N3S. The summed E-state index contributed by atoms with van der Waals surface area (Å²) in [4.78, 5) is 7.97. The zero-order valence-corrected chi connectivity index (χ0v) is 12.2. The minimum Gasteiger partial charge on any atom is -0.321 e. The molecule has 1 aromatic carbocycles.